The number of anilines is 1. The molecule has 0 aliphatic heterocycles. The molecule has 0 spiro atoms. The second kappa shape index (κ2) is 8.31. The molecule has 2 aromatic carbocycles. The Kier molecular flexibility index (Phi) is 5.38. The van der Waals surface area contributed by atoms with Crippen LogP contribution in [-0.2, 0) is 0 Å². The van der Waals surface area contributed by atoms with Crippen LogP contribution >= 0.6 is 0 Å². The summed E-state index contributed by atoms with van der Waals surface area (Å²) in [5.74, 6) is -0.899. The van der Waals surface area contributed by atoms with Crippen LogP contribution in [0.2, 0.25) is 0 Å². The highest BCUT2D eigenvalue weighted by molar-refractivity contribution is 6.11. The Morgan fingerprint density at radius 1 is 1.09 bits per heavy atom. The van der Waals surface area contributed by atoms with Gasteiger partial charge in [-0.05, 0) is 37.4 Å². The Labute approximate surface area is 182 Å². The van der Waals surface area contributed by atoms with Crippen LogP contribution in [0.15, 0.2) is 69.4 Å². The third kappa shape index (κ3) is 3.79. The van der Waals surface area contributed by atoms with Crippen molar-refractivity contribution >= 4 is 40.0 Å². The van der Waals surface area contributed by atoms with Crippen molar-refractivity contribution in [2.45, 2.75) is 13.8 Å². The molecule has 0 aliphatic carbocycles. The standard InChI is InChI=1S/C23H19N5O4/c1-12-13(2)32-23(18(12)21(24)30)28-27-19-15-8-4-3-7-14(15)11-16(20(19)29)22(31)26-17-9-5-6-10-25-17/h3-11,29H,1-2H3,(H2,24,30)(H,25,26,31). The van der Waals surface area contributed by atoms with E-state index in [-0.39, 0.29) is 28.4 Å². The summed E-state index contributed by atoms with van der Waals surface area (Å²) in [4.78, 5) is 28.7. The van der Waals surface area contributed by atoms with Crippen molar-refractivity contribution in [2.75, 3.05) is 5.32 Å². The predicted molar refractivity (Wildman–Crippen MR) is 119 cm³/mol. The number of rotatable bonds is 5. The molecule has 0 fully saturated rings. The summed E-state index contributed by atoms with van der Waals surface area (Å²) in [6.45, 7) is 3.36. The van der Waals surface area contributed by atoms with Crippen molar-refractivity contribution in [3.63, 3.8) is 0 Å². The Hall–Kier alpha value is -4.53. The van der Waals surface area contributed by atoms with E-state index in [4.69, 9.17) is 10.2 Å². The zero-order valence-corrected chi connectivity index (χ0v) is 17.3. The average molecular weight is 429 g/mol. The van der Waals surface area contributed by atoms with E-state index in [2.05, 4.69) is 20.5 Å². The van der Waals surface area contributed by atoms with E-state index in [1.54, 1.807) is 68.6 Å². The zero-order chi connectivity index (χ0) is 22.8. The number of amides is 2. The van der Waals surface area contributed by atoms with Crippen LogP contribution in [0.1, 0.15) is 32.0 Å². The SMILES string of the molecule is Cc1oc(N=Nc2c(O)c(C(=O)Nc3ccccn3)cc3ccccc23)c(C(N)=O)c1C. The van der Waals surface area contributed by atoms with Gasteiger partial charge in [0, 0.05) is 17.1 Å². The monoisotopic (exact) mass is 429 g/mol. The number of hydrogen-bond acceptors (Lipinski definition) is 7. The third-order valence-corrected chi connectivity index (χ3v) is 5.00. The smallest absolute Gasteiger partial charge is 0.260 e. The van der Waals surface area contributed by atoms with Crippen LogP contribution in [0.4, 0.5) is 17.4 Å². The number of nitrogens with two attached hydrogens (primary N) is 1. The minimum absolute atomic E-state index is 0.00904. The quantitative estimate of drug-likeness (QED) is 0.386. The number of pyridine rings is 1. The fourth-order valence-electron chi connectivity index (χ4n) is 3.28. The molecule has 0 unspecified atom stereocenters. The molecule has 2 heterocycles. The number of nitrogens with zero attached hydrogens (tertiary/aromatic N) is 3. The van der Waals surface area contributed by atoms with Gasteiger partial charge in [0.05, 0.1) is 5.56 Å². The van der Waals surface area contributed by atoms with Crippen molar-refractivity contribution in [1.82, 2.24) is 4.98 Å². The predicted octanol–water partition coefficient (Wildman–Crippen LogP) is 4.92. The van der Waals surface area contributed by atoms with E-state index in [1.165, 1.54) is 0 Å². The van der Waals surface area contributed by atoms with Gasteiger partial charge in [-0.1, -0.05) is 30.3 Å². The lowest BCUT2D eigenvalue weighted by Crippen LogP contribution is -2.13. The summed E-state index contributed by atoms with van der Waals surface area (Å²) < 4.78 is 5.51. The molecule has 2 amide bonds. The lowest BCUT2D eigenvalue weighted by molar-refractivity contribution is 0.0997. The van der Waals surface area contributed by atoms with Gasteiger partial charge < -0.3 is 20.6 Å². The van der Waals surface area contributed by atoms with E-state index >= 15 is 0 Å². The highest BCUT2D eigenvalue weighted by Gasteiger charge is 2.21. The fraction of sp³-hybridized carbons (Fsp3) is 0.0870. The molecule has 9 nitrogen and oxygen atoms in total. The van der Waals surface area contributed by atoms with Crippen molar-refractivity contribution < 1.29 is 19.1 Å². The van der Waals surface area contributed by atoms with Gasteiger partial charge in [0.2, 0.25) is 0 Å². The number of aromatic hydroxyl groups is 1. The molecule has 4 N–H and O–H groups in total. The van der Waals surface area contributed by atoms with Crippen LogP contribution in [0, 0.1) is 13.8 Å². The Morgan fingerprint density at radius 2 is 1.84 bits per heavy atom. The van der Waals surface area contributed by atoms with Crippen LogP contribution in [0.3, 0.4) is 0 Å². The van der Waals surface area contributed by atoms with E-state index in [0.29, 0.717) is 27.9 Å². The molecule has 0 atom stereocenters. The molecule has 32 heavy (non-hydrogen) atoms. The first-order valence-corrected chi connectivity index (χ1v) is 9.65. The average Bonchev–Trinajstić information content (AvgIpc) is 3.06. The fourth-order valence-corrected chi connectivity index (χ4v) is 3.28. The Morgan fingerprint density at radius 3 is 2.56 bits per heavy atom. The first-order valence-electron chi connectivity index (χ1n) is 9.65. The molecule has 0 aliphatic rings. The maximum Gasteiger partial charge on any atom is 0.260 e. The molecular weight excluding hydrogens is 410 g/mol. The van der Waals surface area contributed by atoms with Crippen molar-refractivity contribution in [3.05, 3.63) is 77.2 Å². The Bertz CT molecular complexity index is 1380. The molecule has 9 heteroatoms. The number of carbonyl (C=O) groups excluding carboxylic acids is 2. The van der Waals surface area contributed by atoms with Gasteiger partial charge in [0.15, 0.2) is 5.75 Å². The minimum Gasteiger partial charge on any atom is -0.505 e. The molecule has 0 radical (unpaired) electrons. The summed E-state index contributed by atoms with van der Waals surface area (Å²) in [5, 5.41) is 22.9. The van der Waals surface area contributed by atoms with Crippen molar-refractivity contribution in [1.29, 1.82) is 0 Å². The number of furan rings is 1. The lowest BCUT2D eigenvalue weighted by Gasteiger charge is -2.10. The topological polar surface area (TPSA) is 143 Å². The van der Waals surface area contributed by atoms with Crippen LogP contribution in [0.25, 0.3) is 10.8 Å². The van der Waals surface area contributed by atoms with E-state index in [9.17, 15) is 14.7 Å². The molecule has 2 aromatic heterocycles. The number of hydrogen-bond donors (Lipinski definition) is 3. The highest BCUT2D eigenvalue weighted by atomic mass is 16.4. The lowest BCUT2D eigenvalue weighted by atomic mass is 10.0. The molecule has 4 rings (SSSR count). The number of carbonyl (C=O) groups is 2. The van der Waals surface area contributed by atoms with Gasteiger partial charge in [0.1, 0.15) is 22.8 Å². The number of aryl methyl sites for hydroxylation is 1. The van der Waals surface area contributed by atoms with E-state index < -0.39 is 11.8 Å². The number of phenolic OH excluding ortho intramolecular Hbond substituents is 1. The van der Waals surface area contributed by atoms with Gasteiger partial charge in [-0.2, -0.15) is 0 Å². The first kappa shape index (κ1) is 20.7. The molecule has 0 saturated heterocycles. The number of phenols is 1. The van der Waals surface area contributed by atoms with Gasteiger partial charge in [0.25, 0.3) is 17.7 Å². The number of nitrogens with one attached hydrogen (secondary N) is 1. The molecule has 0 bridgehead atoms. The summed E-state index contributed by atoms with van der Waals surface area (Å²) in [6, 6.07) is 13.7. The first-order chi connectivity index (χ1) is 15.4. The largest absolute Gasteiger partial charge is 0.505 e. The van der Waals surface area contributed by atoms with Crippen LogP contribution in [-0.4, -0.2) is 21.9 Å². The number of benzene rings is 2. The molecular formula is C23H19N5O4. The second-order valence-electron chi connectivity index (χ2n) is 7.04. The van der Waals surface area contributed by atoms with Crippen LogP contribution < -0.4 is 11.1 Å². The van der Waals surface area contributed by atoms with Gasteiger partial charge in [-0.3, -0.25) is 9.59 Å². The summed E-state index contributed by atoms with van der Waals surface area (Å²) in [6.07, 6.45) is 1.54. The number of fused-ring (bicyclic) bond motifs is 1. The van der Waals surface area contributed by atoms with E-state index in [0.717, 1.165) is 0 Å². The second-order valence-corrected chi connectivity index (χ2v) is 7.04. The Balaban J connectivity index is 1.82. The van der Waals surface area contributed by atoms with Gasteiger partial charge in [-0.15, -0.1) is 10.2 Å². The number of azo groups is 1. The third-order valence-electron chi connectivity index (χ3n) is 5.00. The normalized spacial score (nSPS) is 11.2. The number of aromatic nitrogens is 1. The number of primary amides is 1. The highest BCUT2D eigenvalue weighted by Crippen LogP contribution is 2.40. The van der Waals surface area contributed by atoms with Gasteiger partial charge in [-0.25, -0.2) is 4.98 Å². The molecule has 160 valence electrons. The molecule has 0 saturated carbocycles. The van der Waals surface area contributed by atoms with Crippen molar-refractivity contribution in [3.8, 4) is 5.75 Å². The van der Waals surface area contributed by atoms with Crippen molar-refractivity contribution in [2.24, 2.45) is 16.0 Å². The van der Waals surface area contributed by atoms with E-state index in [1.807, 2.05) is 0 Å². The molecule has 4 aromatic rings. The summed E-state index contributed by atoms with van der Waals surface area (Å²) in [7, 11) is 0. The summed E-state index contributed by atoms with van der Waals surface area (Å²) in [5.41, 5.74) is 6.16. The van der Waals surface area contributed by atoms with Crippen LogP contribution in [0.5, 0.6) is 5.75 Å². The maximum absolute atomic E-state index is 12.8. The minimum atomic E-state index is -0.703. The maximum atomic E-state index is 12.8. The summed E-state index contributed by atoms with van der Waals surface area (Å²) >= 11 is 0. The van der Waals surface area contributed by atoms with Gasteiger partial charge >= 0.3 is 0 Å². The zero-order valence-electron chi connectivity index (χ0n) is 17.3.